The van der Waals surface area contributed by atoms with Gasteiger partial charge in [-0.1, -0.05) is 31.8 Å². The van der Waals surface area contributed by atoms with Gasteiger partial charge in [0.2, 0.25) is 5.91 Å². The highest BCUT2D eigenvalue weighted by Gasteiger charge is 2.36. The first-order valence-corrected chi connectivity index (χ1v) is 7.42. The monoisotopic (exact) mass is 268 g/mol. The fourth-order valence-electron chi connectivity index (χ4n) is 2.62. The van der Waals surface area contributed by atoms with E-state index in [9.17, 15) is 4.79 Å². The summed E-state index contributed by atoms with van der Waals surface area (Å²) in [6.07, 6.45) is 9.19. The van der Waals surface area contributed by atoms with Crippen molar-refractivity contribution in [1.29, 1.82) is 0 Å². The lowest BCUT2D eigenvalue weighted by Gasteiger charge is -2.29. The zero-order valence-corrected chi connectivity index (χ0v) is 12.0. The van der Waals surface area contributed by atoms with Crippen molar-refractivity contribution in [2.24, 2.45) is 11.1 Å². The van der Waals surface area contributed by atoms with Gasteiger partial charge in [0.05, 0.1) is 18.6 Å². The Bertz CT molecular complexity index is 271. The van der Waals surface area contributed by atoms with E-state index in [-0.39, 0.29) is 11.3 Å². The first-order valence-electron chi connectivity index (χ1n) is 7.42. The van der Waals surface area contributed by atoms with Crippen molar-refractivity contribution < 1.29 is 9.53 Å². The van der Waals surface area contributed by atoms with E-state index < -0.39 is 0 Å². The summed E-state index contributed by atoms with van der Waals surface area (Å²) in [5.41, 5.74) is 5.54. The Labute approximate surface area is 116 Å². The minimum Gasteiger partial charge on any atom is -0.379 e. The standard InChI is InChI=1S/C15H28N2O2/c1-2-3-11-19-12-10-17-14(18)15(13-16)8-6-4-5-7-9-15/h2H,1,3-13,16H2,(H,17,18). The van der Waals surface area contributed by atoms with Crippen LogP contribution in [0.2, 0.25) is 0 Å². The predicted octanol–water partition coefficient (Wildman–Crippen LogP) is 1.99. The third-order valence-electron chi connectivity index (χ3n) is 3.93. The maximum atomic E-state index is 12.3. The minimum atomic E-state index is -0.336. The Hall–Kier alpha value is -0.870. The zero-order chi connectivity index (χ0) is 14.0. The predicted molar refractivity (Wildman–Crippen MR) is 77.8 cm³/mol. The topological polar surface area (TPSA) is 64.3 Å². The second kappa shape index (κ2) is 9.10. The first kappa shape index (κ1) is 16.2. The summed E-state index contributed by atoms with van der Waals surface area (Å²) in [5, 5.41) is 2.98. The van der Waals surface area contributed by atoms with Crippen LogP contribution in [0, 0.1) is 5.41 Å². The molecule has 0 bridgehead atoms. The highest BCUT2D eigenvalue weighted by atomic mass is 16.5. The number of nitrogens with two attached hydrogens (primary N) is 1. The van der Waals surface area contributed by atoms with Gasteiger partial charge in [0.15, 0.2) is 0 Å². The van der Waals surface area contributed by atoms with Crippen LogP contribution in [0.1, 0.15) is 44.9 Å². The molecule has 1 amide bonds. The van der Waals surface area contributed by atoms with Crippen LogP contribution in [0.25, 0.3) is 0 Å². The van der Waals surface area contributed by atoms with E-state index in [2.05, 4.69) is 11.9 Å². The maximum Gasteiger partial charge on any atom is 0.227 e. The normalized spacial score (nSPS) is 18.6. The van der Waals surface area contributed by atoms with Crippen molar-refractivity contribution in [3.05, 3.63) is 12.7 Å². The van der Waals surface area contributed by atoms with E-state index in [0.29, 0.717) is 26.3 Å². The van der Waals surface area contributed by atoms with E-state index in [1.165, 1.54) is 12.8 Å². The number of hydrogen-bond donors (Lipinski definition) is 2. The lowest BCUT2D eigenvalue weighted by molar-refractivity contribution is -0.131. The third-order valence-corrected chi connectivity index (χ3v) is 3.93. The zero-order valence-electron chi connectivity index (χ0n) is 12.0. The molecule has 0 aromatic rings. The maximum absolute atomic E-state index is 12.3. The van der Waals surface area contributed by atoms with Gasteiger partial charge in [-0.3, -0.25) is 4.79 Å². The Balaban J connectivity index is 2.30. The molecule has 1 rings (SSSR count). The number of hydrogen-bond acceptors (Lipinski definition) is 3. The number of carbonyl (C=O) groups is 1. The van der Waals surface area contributed by atoms with Crippen molar-refractivity contribution in [3.8, 4) is 0 Å². The molecule has 0 heterocycles. The minimum absolute atomic E-state index is 0.115. The van der Waals surface area contributed by atoms with Gasteiger partial charge < -0.3 is 15.8 Å². The Morgan fingerprint density at radius 2 is 1.95 bits per heavy atom. The highest BCUT2D eigenvalue weighted by Crippen LogP contribution is 2.34. The summed E-state index contributed by atoms with van der Waals surface area (Å²) >= 11 is 0. The first-order chi connectivity index (χ1) is 9.25. The lowest BCUT2D eigenvalue weighted by Crippen LogP contribution is -2.46. The van der Waals surface area contributed by atoms with E-state index >= 15 is 0 Å². The Morgan fingerprint density at radius 1 is 1.26 bits per heavy atom. The van der Waals surface area contributed by atoms with Gasteiger partial charge in [0.1, 0.15) is 0 Å². The van der Waals surface area contributed by atoms with E-state index in [1.807, 2.05) is 6.08 Å². The van der Waals surface area contributed by atoms with E-state index in [4.69, 9.17) is 10.5 Å². The van der Waals surface area contributed by atoms with Crippen LogP contribution in [-0.4, -0.2) is 32.2 Å². The molecule has 3 N–H and O–H groups in total. The van der Waals surface area contributed by atoms with Crippen molar-refractivity contribution in [1.82, 2.24) is 5.32 Å². The molecule has 1 aliphatic carbocycles. The molecule has 1 aliphatic rings. The average Bonchev–Trinajstić information content (AvgIpc) is 2.68. The van der Waals surface area contributed by atoms with E-state index in [0.717, 1.165) is 32.1 Å². The molecule has 110 valence electrons. The van der Waals surface area contributed by atoms with Crippen LogP contribution in [0.5, 0.6) is 0 Å². The van der Waals surface area contributed by atoms with Crippen molar-refractivity contribution in [2.45, 2.75) is 44.9 Å². The Kier molecular flexibility index (Phi) is 7.75. The van der Waals surface area contributed by atoms with Crippen LogP contribution < -0.4 is 11.1 Å². The summed E-state index contributed by atoms with van der Waals surface area (Å²) in [6, 6.07) is 0. The number of amides is 1. The average molecular weight is 268 g/mol. The van der Waals surface area contributed by atoms with Crippen LogP contribution >= 0.6 is 0 Å². The van der Waals surface area contributed by atoms with Crippen LogP contribution in [0.3, 0.4) is 0 Å². The number of ether oxygens (including phenoxy) is 1. The molecule has 0 radical (unpaired) electrons. The number of rotatable bonds is 8. The largest absolute Gasteiger partial charge is 0.379 e. The number of carbonyl (C=O) groups excluding carboxylic acids is 1. The fraction of sp³-hybridized carbons (Fsp3) is 0.800. The smallest absolute Gasteiger partial charge is 0.227 e. The molecule has 0 atom stereocenters. The second-order valence-corrected chi connectivity index (χ2v) is 5.34. The molecule has 0 aromatic heterocycles. The molecule has 1 fully saturated rings. The highest BCUT2D eigenvalue weighted by molar-refractivity contribution is 5.82. The molecular weight excluding hydrogens is 240 g/mol. The second-order valence-electron chi connectivity index (χ2n) is 5.34. The molecule has 19 heavy (non-hydrogen) atoms. The molecule has 0 unspecified atom stereocenters. The van der Waals surface area contributed by atoms with Gasteiger partial charge in [0.25, 0.3) is 0 Å². The van der Waals surface area contributed by atoms with Crippen LogP contribution in [-0.2, 0) is 9.53 Å². The van der Waals surface area contributed by atoms with Crippen molar-refractivity contribution in [3.63, 3.8) is 0 Å². The summed E-state index contributed by atoms with van der Waals surface area (Å²) < 4.78 is 5.39. The van der Waals surface area contributed by atoms with Crippen molar-refractivity contribution >= 4 is 5.91 Å². The van der Waals surface area contributed by atoms with Gasteiger partial charge >= 0.3 is 0 Å². The van der Waals surface area contributed by atoms with Crippen molar-refractivity contribution in [2.75, 3.05) is 26.3 Å². The molecule has 4 nitrogen and oxygen atoms in total. The summed E-state index contributed by atoms with van der Waals surface area (Å²) in [6.45, 7) is 5.88. The van der Waals surface area contributed by atoms with Gasteiger partial charge in [0, 0.05) is 13.1 Å². The molecule has 0 aliphatic heterocycles. The third kappa shape index (κ3) is 5.33. The molecule has 4 heteroatoms. The Morgan fingerprint density at radius 3 is 2.53 bits per heavy atom. The SMILES string of the molecule is C=CCCOCCNC(=O)C1(CN)CCCCCC1. The van der Waals surface area contributed by atoms with Gasteiger partial charge in [-0.25, -0.2) is 0 Å². The molecule has 0 saturated heterocycles. The molecule has 0 spiro atoms. The quantitative estimate of drug-likeness (QED) is 0.402. The summed E-state index contributed by atoms with van der Waals surface area (Å²) in [5.74, 6) is 0.115. The molecule has 1 saturated carbocycles. The van der Waals surface area contributed by atoms with Crippen LogP contribution in [0.15, 0.2) is 12.7 Å². The van der Waals surface area contributed by atoms with Crippen LogP contribution in [0.4, 0.5) is 0 Å². The van der Waals surface area contributed by atoms with E-state index in [1.54, 1.807) is 0 Å². The van der Waals surface area contributed by atoms with Gasteiger partial charge in [-0.15, -0.1) is 6.58 Å². The number of nitrogens with one attached hydrogen (secondary N) is 1. The summed E-state index contributed by atoms with van der Waals surface area (Å²) in [7, 11) is 0. The molecule has 0 aromatic carbocycles. The molecular formula is C15H28N2O2. The van der Waals surface area contributed by atoms with Gasteiger partial charge in [-0.2, -0.15) is 0 Å². The summed E-state index contributed by atoms with van der Waals surface area (Å²) in [4.78, 5) is 12.3. The fourth-order valence-corrected chi connectivity index (χ4v) is 2.62. The van der Waals surface area contributed by atoms with Gasteiger partial charge in [-0.05, 0) is 19.3 Å². The lowest BCUT2D eigenvalue weighted by atomic mass is 9.79.